The van der Waals surface area contributed by atoms with E-state index in [1.165, 1.54) is 0 Å². The number of benzene rings is 1. The fourth-order valence-electron chi connectivity index (χ4n) is 2.61. The summed E-state index contributed by atoms with van der Waals surface area (Å²) in [5.41, 5.74) is 1.97. The Morgan fingerprint density at radius 3 is 2.47 bits per heavy atom. The predicted molar refractivity (Wildman–Crippen MR) is 80.2 cm³/mol. The molecule has 1 aromatic carbocycles. The second-order valence-electron chi connectivity index (χ2n) is 5.38. The molecule has 0 aliphatic carbocycles. The Balaban J connectivity index is 2.10. The van der Waals surface area contributed by atoms with Gasteiger partial charge in [0.05, 0.1) is 18.1 Å². The molecule has 1 saturated heterocycles. The highest BCUT2D eigenvalue weighted by atomic mass is 79.9. The van der Waals surface area contributed by atoms with E-state index < -0.39 is 0 Å². The Labute approximate surface area is 122 Å². The molecule has 1 aliphatic rings. The number of carbonyl (C=O) groups is 1. The SMILES string of the molecule is Cc1ccc(NC(=O)C2C(C)OC(C)C2C)cc1Br. The summed E-state index contributed by atoms with van der Waals surface area (Å²) in [6.07, 6.45) is 0.106. The molecule has 1 amide bonds. The lowest BCUT2D eigenvalue weighted by Gasteiger charge is -2.18. The smallest absolute Gasteiger partial charge is 0.230 e. The molecule has 19 heavy (non-hydrogen) atoms. The maximum Gasteiger partial charge on any atom is 0.230 e. The van der Waals surface area contributed by atoms with Crippen molar-refractivity contribution in [3.63, 3.8) is 0 Å². The highest BCUT2D eigenvalue weighted by Gasteiger charge is 2.41. The number of hydrogen-bond donors (Lipinski definition) is 1. The fourth-order valence-corrected chi connectivity index (χ4v) is 2.99. The van der Waals surface area contributed by atoms with Crippen molar-refractivity contribution in [2.24, 2.45) is 11.8 Å². The van der Waals surface area contributed by atoms with Crippen LogP contribution in [-0.2, 0) is 9.53 Å². The maximum absolute atomic E-state index is 12.4. The van der Waals surface area contributed by atoms with Crippen molar-refractivity contribution >= 4 is 27.5 Å². The largest absolute Gasteiger partial charge is 0.374 e. The first kappa shape index (κ1) is 14.5. The zero-order chi connectivity index (χ0) is 14.2. The molecule has 4 atom stereocenters. The monoisotopic (exact) mass is 325 g/mol. The van der Waals surface area contributed by atoms with Gasteiger partial charge < -0.3 is 10.1 Å². The lowest BCUT2D eigenvalue weighted by molar-refractivity contribution is -0.121. The fraction of sp³-hybridized carbons (Fsp3) is 0.533. The molecule has 4 heteroatoms. The summed E-state index contributed by atoms with van der Waals surface area (Å²) in [5, 5.41) is 2.98. The number of ether oxygens (including phenoxy) is 1. The van der Waals surface area contributed by atoms with Crippen LogP contribution in [0.5, 0.6) is 0 Å². The topological polar surface area (TPSA) is 38.3 Å². The molecular formula is C15H20BrNO2. The van der Waals surface area contributed by atoms with E-state index in [-0.39, 0.29) is 30.0 Å². The predicted octanol–water partition coefficient (Wildman–Crippen LogP) is 3.76. The standard InChI is InChI=1S/C15H20BrNO2/c1-8-5-6-12(7-13(8)16)17-15(18)14-9(2)10(3)19-11(14)4/h5-7,9-11,14H,1-4H3,(H,17,18). The van der Waals surface area contributed by atoms with Gasteiger partial charge in [-0.05, 0) is 44.4 Å². The van der Waals surface area contributed by atoms with E-state index in [2.05, 4.69) is 28.2 Å². The van der Waals surface area contributed by atoms with Gasteiger partial charge in [0.25, 0.3) is 0 Å². The molecular weight excluding hydrogens is 306 g/mol. The average molecular weight is 326 g/mol. The van der Waals surface area contributed by atoms with Crippen LogP contribution in [0.15, 0.2) is 22.7 Å². The minimum absolute atomic E-state index is 0.0288. The van der Waals surface area contributed by atoms with Crippen LogP contribution in [0.3, 0.4) is 0 Å². The van der Waals surface area contributed by atoms with E-state index in [9.17, 15) is 4.79 Å². The average Bonchev–Trinajstić information content (AvgIpc) is 2.58. The van der Waals surface area contributed by atoms with Gasteiger partial charge in [-0.2, -0.15) is 0 Å². The van der Waals surface area contributed by atoms with Crippen molar-refractivity contribution in [2.45, 2.75) is 39.9 Å². The van der Waals surface area contributed by atoms with E-state index in [1.807, 2.05) is 39.0 Å². The Morgan fingerprint density at radius 1 is 1.26 bits per heavy atom. The lowest BCUT2D eigenvalue weighted by atomic mass is 9.89. The molecule has 104 valence electrons. The third-order valence-corrected chi connectivity index (χ3v) is 4.84. The van der Waals surface area contributed by atoms with Crippen LogP contribution in [-0.4, -0.2) is 18.1 Å². The van der Waals surface area contributed by atoms with Gasteiger partial charge >= 0.3 is 0 Å². The maximum atomic E-state index is 12.4. The zero-order valence-electron chi connectivity index (χ0n) is 11.7. The second kappa shape index (κ2) is 5.63. The van der Waals surface area contributed by atoms with Gasteiger partial charge in [-0.15, -0.1) is 0 Å². The molecule has 0 saturated carbocycles. The van der Waals surface area contributed by atoms with E-state index in [0.717, 1.165) is 15.7 Å². The molecule has 0 aromatic heterocycles. The molecule has 1 aromatic rings. The van der Waals surface area contributed by atoms with Crippen molar-refractivity contribution in [2.75, 3.05) is 5.32 Å². The van der Waals surface area contributed by atoms with Crippen LogP contribution in [0.4, 0.5) is 5.69 Å². The van der Waals surface area contributed by atoms with E-state index in [0.29, 0.717) is 0 Å². The summed E-state index contributed by atoms with van der Waals surface area (Å²) < 4.78 is 6.72. The van der Waals surface area contributed by atoms with Crippen molar-refractivity contribution in [3.8, 4) is 0 Å². The summed E-state index contributed by atoms with van der Waals surface area (Å²) in [7, 11) is 0. The molecule has 1 aliphatic heterocycles. The lowest BCUT2D eigenvalue weighted by Crippen LogP contribution is -2.31. The third kappa shape index (κ3) is 3.00. The number of anilines is 1. The Hall–Kier alpha value is -0.870. The normalized spacial score (nSPS) is 30.4. The van der Waals surface area contributed by atoms with Crippen molar-refractivity contribution in [1.82, 2.24) is 0 Å². The molecule has 1 fully saturated rings. The van der Waals surface area contributed by atoms with Gasteiger partial charge in [-0.3, -0.25) is 4.79 Å². The third-order valence-electron chi connectivity index (χ3n) is 3.98. The number of hydrogen-bond acceptors (Lipinski definition) is 2. The van der Waals surface area contributed by atoms with E-state index >= 15 is 0 Å². The molecule has 4 unspecified atom stereocenters. The van der Waals surface area contributed by atoms with Gasteiger partial charge in [0.2, 0.25) is 5.91 Å². The molecule has 0 radical (unpaired) electrons. The Kier molecular flexibility index (Phi) is 4.31. The van der Waals surface area contributed by atoms with Crippen LogP contribution >= 0.6 is 15.9 Å². The first-order valence-corrected chi connectivity index (χ1v) is 7.42. The molecule has 0 spiro atoms. The minimum atomic E-state index is -0.0879. The number of carbonyl (C=O) groups excluding carboxylic acids is 1. The summed E-state index contributed by atoms with van der Waals surface area (Å²) in [6, 6.07) is 5.84. The summed E-state index contributed by atoms with van der Waals surface area (Å²) in [4.78, 5) is 12.4. The quantitative estimate of drug-likeness (QED) is 0.899. The number of nitrogens with one attached hydrogen (secondary N) is 1. The van der Waals surface area contributed by atoms with Crippen molar-refractivity contribution in [1.29, 1.82) is 0 Å². The van der Waals surface area contributed by atoms with Crippen molar-refractivity contribution in [3.05, 3.63) is 28.2 Å². The number of aryl methyl sites for hydroxylation is 1. The van der Waals surface area contributed by atoms with E-state index in [1.54, 1.807) is 0 Å². The second-order valence-corrected chi connectivity index (χ2v) is 6.24. The van der Waals surface area contributed by atoms with Crippen LogP contribution in [0, 0.1) is 18.8 Å². The highest BCUT2D eigenvalue weighted by Crippen LogP contribution is 2.33. The Bertz CT molecular complexity index is 489. The van der Waals surface area contributed by atoms with Gasteiger partial charge in [0, 0.05) is 10.2 Å². The summed E-state index contributed by atoms with van der Waals surface area (Å²) >= 11 is 3.48. The number of rotatable bonds is 2. The van der Waals surface area contributed by atoms with Crippen LogP contribution < -0.4 is 5.32 Å². The number of halogens is 1. The van der Waals surface area contributed by atoms with Gasteiger partial charge in [-0.25, -0.2) is 0 Å². The Morgan fingerprint density at radius 2 is 1.95 bits per heavy atom. The van der Waals surface area contributed by atoms with Crippen molar-refractivity contribution < 1.29 is 9.53 Å². The van der Waals surface area contributed by atoms with Crippen LogP contribution in [0.2, 0.25) is 0 Å². The molecule has 1 N–H and O–H groups in total. The van der Waals surface area contributed by atoms with Gasteiger partial charge in [-0.1, -0.05) is 28.9 Å². The molecule has 0 bridgehead atoms. The van der Waals surface area contributed by atoms with Gasteiger partial charge in [0.1, 0.15) is 0 Å². The first-order chi connectivity index (χ1) is 8.90. The highest BCUT2D eigenvalue weighted by molar-refractivity contribution is 9.10. The molecule has 1 heterocycles. The van der Waals surface area contributed by atoms with Crippen LogP contribution in [0.1, 0.15) is 26.3 Å². The van der Waals surface area contributed by atoms with Gasteiger partial charge in [0.15, 0.2) is 0 Å². The summed E-state index contributed by atoms with van der Waals surface area (Å²) in [5.74, 6) is 0.194. The minimum Gasteiger partial charge on any atom is -0.374 e. The van der Waals surface area contributed by atoms with Crippen LogP contribution in [0.25, 0.3) is 0 Å². The summed E-state index contributed by atoms with van der Waals surface area (Å²) in [6.45, 7) is 8.09. The first-order valence-electron chi connectivity index (χ1n) is 6.62. The van der Waals surface area contributed by atoms with E-state index in [4.69, 9.17) is 4.74 Å². The zero-order valence-corrected chi connectivity index (χ0v) is 13.3. The molecule has 3 nitrogen and oxygen atoms in total. The molecule has 2 rings (SSSR count). The number of amides is 1.